The predicted octanol–water partition coefficient (Wildman–Crippen LogP) is 1.45. The van der Waals surface area contributed by atoms with Crippen LogP contribution in [0.25, 0.3) is 5.78 Å². The number of hydrogen-bond acceptors (Lipinski definition) is 6. The molecule has 28 heavy (non-hydrogen) atoms. The molecular formula is C20H31N7O. The fraction of sp³-hybridized carbons (Fsp3) is 0.700. The lowest BCUT2D eigenvalue weighted by Gasteiger charge is -2.41. The fourth-order valence-corrected chi connectivity index (χ4v) is 4.74. The van der Waals surface area contributed by atoms with Crippen molar-refractivity contribution in [2.24, 2.45) is 11.8 Å². The van der Waals surface area contributed by atoms with E-state index < -0.39 is 0 Å². The molecule has 2 fully saturated rings. The van der Waals surface area contributed by atoms with Crippen LogP contribution in [0.1, 0.15) is 32.9 Å². The first-order valence-electron chi connectivity index (χ1n) is 10.4. The number of piperidine rings is 1. The van der Waals surface area contributed by atoms with E-state index in [1.54, 1.807) is 10.8 Å². The smallest absolute Gasteiger partial charge is 0.254 e. The van der Waals surface area contributed by atoms with Gasteiger partial charge in [-0.2, -0.15) is 14.6 Å². The van der Waals surface area contributed by atoms with Gasteiger partial charge in [0.15, 0.2) is 0 Å². The van der Waals surface area contributed by atoms with Crippen LogP contribution in [0.15, 0.2) is 12.4 Å². The first kappa shape index (κ1) is 19.1. The van der Waals surface area contributed by atoms with Gasteiger partial charge in [0, 0.05) is 51.0 Å². The van der Waals surface area contributed by atoms with Crippen molar-refractivity contribution in [1.29, 1.82) is 0 Å². The van der Waals surface area contributed by atoms with Gasteiger partial charge in [-0.3, -0.25) is 9.69 Å². The molecule has 3 atom stereocenters. The van der Waals surface area contributed by atoms with E-state index in [-0.39, 0.29) is 11.9 Å². The van der Waals surface area contributed by atoms with Gasteiger partial charge in [-0.05, 0) is 32.1 Å². The molecule has 0 radical (unpaired) electrons. The van der Waals surface area contributed by atoms with Crippen LogP contribution >= 0.6 is 0 Å². The Morgan fingerprint density at radius 3 is 2.50 bits per heavy atom. The van der Waals surface area contributed by atoms with Crippen molar-refractivity contribution in [1.82, 2.24) is 29.4 Å². The summed E-state index contributed by atoms with van der Waals surface area (Å²) in [7, 11) is 0. The van der Waals surface area contributed by atoms with Crippen molar-refractivity contribution < 1.29 is 4.79 Å². The highest BCUT2D eigenvalue weighted by atomic mass is 16.2. The Kier molecular flexibility index (Phi) is 5.23. The maximum Gasteiger partial charge on any atom is 0.254 e. The average Bonchev–Trinajstić information content (AvgIpc) is 3.14. The minimum atomic E-state index is -0.0646. The second-order valence-corrected chi connectivity index (χ2v) is 8.62. The van der Waals surface area contributed by atoms with E-state index in [1.165, 1.54) is 6.42 Å². The van der Waals surface area contributed by atoms with Crippen molar-refractivity contribution in [3.05, 3.63) is 18.1 Å². The zero-order valence-electron chi connectivity index (χ0n) is 17.4. The number of hydrogen-bond donors (Lipinski definition) is 0. The van der Waals surface area contributed by atoms with Crippen molar-refractivity contribution in [3.63, 3.8) is 0 Å². The molecule has 2 aliphatic rings. The van der Waals surface area contributed by atoms with Crippen LogP contribution in [-0.4, -0.2) is 80.6 Å². The van der Waals surface area contributed by atoms with Gasteiger partial charge in [0.2, 0.25) is 5.91 Å². The van der Waals surface area contributed by atoms with Gasteiger partial charge in [-0.1, -0.05) is 13.8 Å². The quantitative estimate of drug-likeness (QED) is 0.797. The van der Waals surface area contributed by atoms with Gasteiger partial charge in [0.05, 0.1) is 6.04 Å². The molecule has 4 rings (SSSR count). The normalized spacial score (nSPS) is 25.3. The summed E-state index contributed by atoms with van der Waals surface area (Å²) in [6.45, 7) is 13.8. The molecule has 0 saturated carbocycles. The Hall–Kier alpha value is -2.22. The van der Waals surface area contributed by atoms with E-state index in [9.17, 15) is 4.79 Å². The minimum absolute atomic E-state index is 0.0646. The number of nitrogens with zero attached hydrogens (tertiary/aromatic N) is 7. The molecule has 0 spiro atoms. The summed E-state index contributed by atoms with van der Waals surface area (Å²) >= 11 is 0. The molecule has 2 saturated heterocycles. The highest BCUT2D eigenvalue weighted by Gasteiger charge is 2.32. The lowest BCUT2D eigenvalue weighted by Crippen LogP contribution is -2.56. The van der Waals surface area contributed by atoms with Gasteiger partial charge in [-0.25, -0.2) is 4.98 Å². The molecule has 2 aromatic heterocycles. The number of aryl methyl sites for hydroxylation is 1. The first-order chi connectivity index (χ1) is 13.4. The average molecular weight is 386 g/mol. The fourth-order valence-electron chi connectivity index (χ4n) is 4.74. The molecular weight excluding hydrogens is 354 g/mol. The zero-order chi connectivity index (χ0) is 19.8. The van der Waals surface area contributed by atoms with Gasteiger partial charge in [0.25, 0.3) is 5.78 Å². The predicted molar refractivity (Wildman–Crippen MR) is 108 cm³/mol. The Labute approximate surface area is 166 Å². The monoisotopic (exact) mass is 385 g/mol. The van der Waals surface area contributed by atoms with Crippen LogP contribution in [0, 0.1) is 18.8 Å². The number of piperazine rings is 1. The molecule has 3 unspecified atom stereocenters. The molecule has 2 aliphatic heterocycles. The van der Waals surface area contributed by atoms with Crippen LogP contribution in [0.2, 0.25) is 0 Å². The van der Waals surface area contributed by atoms with Crippen LogP contribution in [0.5, 0.6) is 0 Å². The third kappa shape index (κ3) is 3.70. The number of aromatic nitrogens is 4. The number of anilines is 1. The van der Waals surface area contributed by atoms with Crippen LogP contribution < -0.4 is 4.90 Å². The second kappa shape index (κ2) is 7.66. The number of fused-ring (bicyclic) bond motifs is 1. The number of likely N-dealkylation sites (tertiary alicyclic amines) is 1. The topological polar surface area (TPSA) is 69.9 Å². The van der Waals surface area contributed by atoms with Gasteiger partial charge in [-0.15, -0.1) is 0 Å². The molecule has 0 bridgehead atoms. The summed E-state index contributed by atoms with van der Waals surface area (Å²) in [5.74, 6) is 3.13. The molecule has 0 aromatic carbocycles. The van der Waals surface area contributed by atoms with Gasteiger partial charge in [0.1, 0.15) is 12.1 Å². The van der Waals surface area contributed by atoms with Crippen LogP contribution in [0.3, 0.4) is 0 Å². The molecule has 2 aromatic rings. The first-order valence-corrected chi connectivity index (χ1v) is 10.4. The van der Waals surface area contributed by atoms with Crippen LogP contribution in [0.4, 0.5) is 5.82 Å². The van der Waals surface area contributed by atoms with Crippen LogP contribution in [-0.2, 0) is 4.79 Å². The molecule has 152 valence electrons. The standard InChI is InChI=1S/C20H31N7O/c1-14-9-15(2)12-26(11-14)19(28)17(4)24-5-7-25(8-6-24)18-10-16(3)23-20-21-13-22-27(18)20/h10,13-15,17H,5-9,11-12H2,1-4H3. The van der Waals surface area contributed by atoms with E-state index in [0.29, 0.717) is 17.6 Å². The number of carbonyl (C=O) groups excluding carboxylic acids is 1. The lowest BCUT2D eigenvalue weighted by molar-refractivity contribution is -0.139. The van der Waals surface area contributed by atoms with Crippen molar-refractivity contribution in [3.8, 4) is 0 Å². The summed E-state index contributed by atoms with van der Waals surface area (Å²) in [6.07, 6.45) is 2.77. The summed E-state index contributed by atoms with van der Waals surface area (Å²) < 4.78 is 1.80. The maximum atomic E-state index is 13.1. The summed E-state index contributed by atoms with van der Waals surface area (Å²) in [5.41, 5.74) is 0.940. The number of carbonyl (C=O) groups is 1. The third-order valence-corrected chi connectivity index (χ3v) is 6.09. The summed E-state index contributed by atoms with van der Waals surface area (Å²) in [4.78, 5) is 28.4. The molecule has 0 N–H and O–H groups in total. The van der Waals surface area contributed by atoms with Gasteiger partial charge < -0.3 is 9.80 Å². The summed E-state index contributed by atoms with van der Waals surface area (Å²) in [5, 5.41) is 4.32. The zero-order valence-corrected chi connectivity index (χ0v) is 17.4. The largest absolute Gasteiger partial charge is 0.354 e. The summed E-state index contributed by atoms with van der Waals surface area (Å²) in [6, 6.07) is 1.99. The van der Waals surface area contributed by atoms with Crippen molar-refractivity contribution in [2.75, 3.05) is 44.2 Å². The Morgan fingerprint density at radius 1 is 1.14 bits per heavy atom. The van der Waals surface area contributed by atoms with E-state index in [2.05, 4.69) is 56.6 Å². The maximum absolute atomic E-state index is 13.1. The molecule has 4 heterocycles. The Bertz CT molecular complexity index is 832. The van der Waals surface area contributed by atoms with E-state index in [0.717, 1.165) is 50.8 Å². The minimum Gasteiger partial charge on any atom is -0.354 e. The number of amides is 1. The molecule has 0 aliphatic carbocycles. The van der Waals surface area contributed by atoms with Crippen molar-refractivity contribution >= 4 is 17.5 Å². The second-order valence-electron chi connectivity index (χ2n) is 8.62. The highest BCUT2D eigenvalue weighted by molar-refractivity contribution is 5.81. The molecule has 8 heteroatoms. The SMILES string of the molecule is Cc1cc(N2CCN(C(C)C(=O)N3CC(C)CC(C)C3)CC2)n2ncnc2n1. The van der Waals surface area contributed by atoms with E-state index in [4.69, 9.17) is 0 Å². The Morgan fingerprint density at radius 2 is 1.82 bits per heavy atom. The lowest BCUT2D eigenvalue weighted by atomic mass is 9.91. The Balaban J connectivity index is 1.41. The third-order valence-electron chi connectivity index (χ3n) is 6.09. The molecule has 1 amide bonds. The number of rotatable bonds is 3. The van der Waals surface area contributed by atoms with Gasteiger partial charge >= 0.3 is 0 Å². The molecule has 8 nitrogen and oxygen atoms in total. The van der Waals surface area contributed by atoms with E-state index >= 15 is 0 Å². The van der Waals surface area contributed by atoms with E-state index in [1.807, 2.05) is 6.92 Å². The van der Waals surface area contributed by atoms with Crippen molar-refractivity contribution in [2.45, 2.75) is 40.2 Å². The highest BCUT2D eigenvalue weighted by Crippen LogP contribution is 2.23.